The molecule has 1 fully saturated rings. The molecule has 0 unspecified atom stereocenters. The van der Waals surface area contributed by atoms with E-state index in [1.54, 1.807) is 0 Å². The van der Waals surface area contributed by atoms with Gasteiger partial charge in [-0.1, -0.05) is 5.92 Å². The first-order valence-electron chi connectivity index (χ1n) is 4.81. The SMILES string of the molecule is O=C(O)C#CCCCN1CCOCC1. The molecule has 0 atom stereocenters. The zero-order valence-corrected chi connectivity index (χ0v) is 8.16. The maximum absolute atomic E-state index is 10.1. The third-order valence-corrected chi connectivity index (χ3v) is 2.08. The first kappa shape index (κ1) is 11.0. The van der Waals surface area contributed by atoms with E-state index in [4.69, 9.17) is 9.84 Å². The quantitative estimate of drug-likeness (QED) is 0.518. The van der Waals surface area contributed by atoms with Crippen LogP contribution in [0.25, 0.3) is 0 Å². The van der Waals surface area contributed by atoms with Gasteiger partial charge in [-0.05, 0) is 13.0 Å². The molecule has 4 heteroatoms. The van der Waals surface area contributed by atoms with Crippen LogP contribution in [-0.2, 0) is 9.53 Å². The summed E-state index contributed by atoms with van der Waals surface area (Å²) in [5.41, 5.74) is 0. The van der Waals surface area contributed by atoms with Gasteiger partial charge >= 0.3 is 5.97 Å². The lowest BCUT2D eigenvalue weighted by atomic mass is 10.3. The molecule has 1 aliphatic heterocycles. The summed E-state index contributed by atoms with van der Waals surface area (Å²) in [4.78, 5) is 12.4. The summed E-state index contributed by atoms with van der Waals surface area (Å²) in [6.45, 7) is 4.55. The summed E-state index contributed by atoms with van der Waals surface area (Å²) < 4.78 is 5.21. The molecule has 1 heterocycles. The van der Waals surface area contributed by atoms with Crippen LogP contribution in [0.5, 0.6) is 0 Å². The highest BCUT2D eigenvalue weighted by Crippen LogP contribution is 1.99. The van der Waals surface area contributed by atoms with E-state index in [1.807, 2.05) is 0 Å². The van der Waals surface area contributed by atoms with Gasteiger partial charge in [-0.2, -0.15) is 0 Å². The molecule has 0 radical (unpaired) electrons. The van der Waals surface area contributed by atoms with E-state index < -0.39 is 5.97 Å². The molecule has 0 amide bonds. The average Bonchev–Trinajstić information content (AvgIpc) is 2.18. The number of nitrogens with zero attached hydrogens (tertiary/aromatic N) is 1. The Morgan fingerprint density at radius 1 is 1.43 bits per heavy atom. The van der Waals surface area contributed by atoms with E-state index in [9.17, 15) is 4.79 Å². The predicted octanol–water partition coefficient (Wildman–Crippen LogP) is 0.187. The lowest BCUT2D eigenvalue weighted by molar-refractivity contribution is -0.130. The number of aliphatic carboxylic acids is 1. The van der Waals surface area contributed by atoms with Crippen molar-refractivity contribution in [1.29, 1.82) is 0 Å². The smallest absolute Gasteiger partial charge is 0.381 e. The molecule has 1 rings (SSSR count). The fourth-order valence-corrected chi connectivity index (χ4v) is 1.35. The minimum absolute atomic E-state index is 0.656. The second-order valence-electron chi connectivity index (χ2n) is 3.16. The van der Waals surface area contributed by atoms with Gasteiger partial charge in [0.2, 0.25) is 0 Å². The van der Waals surface area contributed by atoms with Crippen molar-refractivity contribution in [2.45, 2.75) is 12.8 Å². The molecular weight excluding hydrogens is 182 g/mol. The Hall–Kier alpha value is -1.05. The van der Waals surface area contributed by atoms with Crippen molar-refractivity contribution in [2.75, 3.05) is 32.8 Å². The Morgan fingerprint density at radius 2 is 2.14 bits per heavy atom. The third-order valence-electron chi connectivity index (χ3n) is 2.08. The van der Waals surface area contributed by atoms with Crippen molar-refractivity contribution >= 4 is 5.97 Å². The van der Waals surface area contributed by atoms with E-state index in [0.29, 0.717) is 6.42 Å². The summed E-state index contributed by atoms with van der Waals surface area (Å²) in [6, 6.07) is 0. The summed E-state index contributed by atoms with van der Waals surface area (Å²) >= 11 is 0. The van der Waals surface area contributed by atoms with Gasteiger partial charge in [0.15, 0.2) is 0 Å². The van der Waals surface area contributed by atoms with Crippen LogP contribution in [0.15, 0.2) is 0 Å². The molecule has 0 saturated carbocycles. The molecular formula is C10H15NO3. The zero-order valence-electron chi connectivity index (χ0n) is 8.16. The van der Waals surface area contributed by atoms with Crippen LogP contribution in [0.1, 0.15) is 12.8 Å². The van der Waals surface area contributed by atoms with E-state index in [0.717, 1.165) is 39.3 Å². The van der Waals surface area contributed by atoms with Crippen molar-refractivity contribution in [1.82, 2.24) is 4.90 Å². The van der Waals surface area contributed by atoms with Gasteiger partial charge in [-0.3, -0.25) is 4.90 Å². The first-order valence-corrected chi connectivity index (χ1v) is 4.81. The Morgan fingerprint density at radius 3 is 2.79 bits per heavy atom. The molecule has 1 saturated heterocycles. The van der Waals surface area contributed by atoms with Crippen LogP contribution in [-0.4, -0.2) is 48.8 Å². The van der Waals surface area contributed by atoms with Gasteiger partial charge in [0.25, 0.3) is 0 Å². The normalized spacial score (nSPS) is 17.1. The topological polar surface area (TPSA) is 49.8 Å². The van der Waals surface area contributed by atoms with Gasteiger partial charge in [-0.15, -0.1) is 0 Å². The molecule has 0 spiro atoms. The van der Waals surface area contributed by atoms with Crippen molar-refractivity contribution in [3.05, 3.63) is 0 Å². The van der Waals surface area contributed by atoms with Crippen molar-refractivity contribution in [3.8, 4) is 11.8 Å². The molecule has 4 nitrogen and oxygen atoms in total. The number of hydrogen-bond donors (Lipinski definition) is 1. The van der Waals surface area contributed by atoms with Crippen LogP contribution in [0.4, 0.5) is 0 Å². The van der Waals surface area contributed by atoms with Crippen molar-refractivity contribution in [3.63, 3.8) is 0 Å². The van der Waals surface area contributed by atoms with Crippen LogP contribution < -0.4 is 0 Å². The zero-order chi connectivity index (χ0) is 10.2. The number of carboxylic acid groups (broad SMARTS) is 1. The Labute approximate surface area is 83.8 Å². The van der Waals surface area contributed by atoms with Crippen LogP contribution in [0, 0.1) is 11.8 Å². The number of carboxylic acids is 1. The molecule has 1 aliphatic rings. The summed E-state index contributed by atoms with van der Waals surface area (Å²) in [7, 11) is 0. The number of carbonyl (C=O) groups is 1. The summed E-state index contributed by atoms with van der Waals surface area (Å²) in [6.07, 6.45) is 1.59. The third kappa shape index (κ3) is 4.85. The molecule has 0 aliphatic carbocycles. The summed E-state index contributed by atoms with van der Waals surface area (Å²) in [5, 5.41) is 8.26. The van der Waals surface area contributed by atoms with Crippen molar-refractivity contribution < 1.29 is 14.6 Å². The molecule has 1 N–H and O–H groups in total. The average molecular weight is 197 g/mol. The van der Waals surface area contributed by atoms with E-state index >= 15 is 0 Å². The van der Waals surface area contributed by atoms with Gasteiger partial charge in [0.1, 0.15) is 0 Å². The Balaban J connectivity index is 2.03. The lowest BCUT2D eigenvalue weighted by Gasteiger charge is -2.26. The second kappa shape index (κ2) is 6.41. The number of rotatable bonds is 3. The Kier molecular flexibility index (Phi) is 5.05. The van der Waals surface area contributed by atoms with Gasteiger partial charge < -0.3 is 9.84 Å². The standard InChI is InChI=1S/C10H15NO3/c12-10(13)4-2-1-3-5-11-6-8-14-9-7-11/h1,3,5-9H2,(H,12,13). The van der Waals surface area contributed by atoms with Crippen LogP contribution in [0.3, 0.4) is 0 Å². The van der Waals surface area contributed by atoms with E-state index in [1.165, 1.54) is 0 Å². The fourth-order valence-electron chi connectivity index (χ4n) is 1.35. The minimum Gasteiger partial charge on any atom is -0.472 e. The number of ether oxygens (including phenoxy) is 1. The van der Waals surface area contributed by atoms with E-state index in [-0.39, 0.29) is 0 Å². The molecule has 14 heavy (non-hydrogen) atoms. The molecule has 0 aromatic heterocycles. The van der Waals surface area contributed by atoms with Gasteiger partial charge in [-0.25, -0.2) is 4.79 Å². The molecule has 0 aromatic carbocycles. The monoisotopic (exact) mass is 197 g/mol. The predicted molar refractivity (Wildman–Crippen MR) is 51.9 cm³/mol. The Bertz CT molecular complexity index is 235. The number of hydrogen-bond acceptors (Lipinski definition) is 3. The maximum atomic E-state index is 10.1. The van der Waals surface area contributed by atoms with Crippen molar-refractivity contribution in [2.24, 2.45) is 0 Å². The minimum atomic E-state index is -1.05. The number of morpholine rings is 1. The van der Waals surface area contributed by atoms with Crippen LogP contribution in [0.2, 0.25) is 0 Å². The molecule has 78 valence electrons. The molecule has 0 aromatic rings. The lowest BCUT2D eigenvalue weighted by Crippen LogP contribution is -2.36. The number of unbranched alkanes of at least 4 members (excludes halogenated alkanes) is 1. The largest absolute Gasteiger partial charge is 0.472 e. The van der Waals surface area contributed by atoms with E-state index in [2.05, 4.69) is 16.7 Å². The highest BCUT2D eigenvalue weighted by atomic mass is 16.5. The highest BCUT2D eigenvalue weighted by molar-refractivity contribution is 5.86. The second-order valence-corrected chi connectivity index (χ2v) is 3.16. The molecule has 0 bridgehead atoms. The fraction of sp³-hybridized carbons (Fsp3) is 0.700. The summed E-state index contributed by atoms with van der Waals surface area (Å²) in [5.74, 6) is 3.68. The first-order chi connectivity index (χ1) is 6.79. The van der Waals surface area contributed by atoms with Gasteiger partial charge in [0.05, 0.1) is 13.2 Å². The van der Waals surface area contributed by atoms with Crippen LogP contribution >= 0.6 is 0 Å². The van der Waals surface area contributed by atoms with Gasteiger partial charge in [0, 0.05) is 25.4 Å². The maximum Gasteiger partial charge on any atom is 0.381 e. The highest BCUT2D eigenvalue weighted by Gasteiger charge is 2.08.